The van der Waals surface area contributed by atoms with Gasteiger partial charge in [0.15, 0.2) is 5.82 Å². The highest BCUT2D eigenvalue weighted by Crippen LogP contribution is 2.33. The third-order valence-corrected chi connectivity index (χ3v) is 6.11. The van der Waals surface area contributed by atoms with E-state index in [0.717, 1.165) is 19.5 Å². The molecule has 1 saturated carbocycles. The van der Waals surface area contributed by atoms with Crippen molar-refractivity contribution in [3.8, 4) is 0 Å². The van der Waals surface area contributed by atoms with E-state index in [9.17, 15) is 9.59 Å². The predicted molar refractivity (Wildman–Crippen MR) is 115 cm³/mol. The van der Waals surface area contributed by atoms with Crippen molar-refractivity contribution in [2.75, 3.05) is 38.0 Å². The van der Waals surface area contributed by atoms with E-state index in [1.807, 2.05) is 4.90 Å². The Morgan fingerprint density at radius 2 is 1.93 bits per heavy atom. The minimum Gasteiger partial charge on any atom is -0.360 e. The Balaban J connectivity index is 0.00000150. The number of hydrogen-bond acceptors (Lipinski definition) is 6. The van der Waals surface area contributed by atoms with Crippen LogP contribution in [-0.4, -0.2) is 71.6 Å². The van der Waals surface area contributed by atoms with E-state index in [2.05, 4.69) is 20.7 Å². The molecule has 0 bridgehead atoms. The molecule has 2 saturated heterocycles. The molecule has 1 aromatic rings. The summed E-state index contributed by atoms with van der Waals surface area (Å²) >= 11 is 0. The molecule has 3 fully saturated rings. The van der Waals surface area contributed by atoms with Crippen molar-refractivity contribution in [2.45, 2.75) is 51.1 Å². The molecule has 8 nitrogen and oxygen atoms in total. The fraction of sp³-hybridized carbons (Fsp3) is 0.737. The van der Waals surface area contributed by atoms with Crippen molar-refractivity contribution in [1.82, 2.24) is 20.3 Å². The minimum atomic E-state index is -0.107. The monoisotopic (exact) mass is 447 g/mol. The average Bonchev–Trinajstić information content (AvgIpc) is 3.27. The Kier molecular flexibility index (Phi) is 8.75. The molecule has 3 heterocycles. The number of fused-ring (bicyclic) bond motifs is 1. The summed E-state index contributed by atoms with van der Waals surface area (Å²) in [5, 5.41) is 10.1. The van der Waals surface area contributed by atoms with Crippen LogP contribution in [0.4, 0.5) is 5.82 Å². The van der Waals surface area contributed by atoms with Crippen molar-refractivity contribution in [2.24, 2.45) is 5.92 Å². The highest BCUT2D eigenvalue weighted by atomic mass is 35.5. The number of rotatable bonds is 4. The van der Waals surface area contributed by atoms with E-state index in [0.29, 0.717) is 43.2 Å². The second kappa shape index (κ2) is 10.6. The van der Waals surface area contributed by atoms with Gasteiger partial charge in [0.1, 0.15) is 5.76 Å². The van der Waals surface area contributed by atoms with Crippen LogP contribution in [0.15, 0.2) is 10.6 Å². The molecular formula is C19H31Cl2N5O3. The number of hydrogen-bond donors (Lipinski definition) is 2. The average molecular weight is 448 g/mol. The van der Waals surface area contributed by atoms with E-state index in [-0.39, 0.29) is 42.7 Å². The number of aryl methyl sites for hydroxylation is 1. The molecule has 3 atom stereocenters. The van der Waals surface area contributed by atoms with Gasteiger partial charge in [0, 0.05) is 38.3 Å². The molecule has 10 heteroatoms. The van der Waals surface area contributed by atoms with Crippen LogP contribution in [0.3, 0.4) is 0 Å². The number of amides is 2. The van der Waals surface area contributed by atoms with E-state index in [4.69, 9.17) is 4.52 Å². The summed E-state index contributed by atoms with van der Waals surface area (Å²) in [5.41, 5.74) is 0. The number of aromatic nitrogens is 1. The summed E-state index contributed by atoms with van der Waals surface area (Å²) in [4.78, 5) is 29.0. The zero-order valence-corrected chi connectivity index (χ0v) is 18.4. The van der Waals surface area contributed by atoms with Gasteiger partial charge in [-0.1, -0.05) is 18.0 Å². The lowest BCUT2D eigenvalue weighted by Crippen LogP contribution is -2.54. The number of carbonyl (C=O) groups excluding carboxylic acids is 2. The summed E-state index contributed by atoms with van der Waals surface area (Å²) in [6.45, 7) is 4.89. The maximum atomic E-state index is 12.9. The van der Waals surface area contributed by atoms with Crippen LogP contribution in [0.5, 0.6) is 0 Å². The number of piperazine rings is 1. The summed E-state index contributed by atoms with van der Waals surface area (Å²) in [6.07, 6.45) is 6.04. The first kappa shape index (κ1) is 23.9. The maximum absolute atomic E-state index is 12.9. The zero-order valence-electron chi connectivity index (χ0n) is 16.8. The van der Waals surface area contributed by atoms with Gasteiger partial charge in [-0.3, -0.25) is 14.5 Å². The summed E-state index contributed by atoms with van der Waals surface area (Å²) in [6, 6.07) is 2.22. The first-order chi connectivity index (χ1) is 13.1. The Labute approximate surface area is 183 Å². The zero-order chi connectivity index (χ0) is 18.8. The second-order valence-electron chi connectivity index (χ2n) is 8.08. The molecule has 2 aliphatic heterocycles. The molecule has 29 heavy (non-hydrogen) atoms. The van der Waals surface area contributed by atoms with Gasteiger partial charge in [0.05, 0.1) is 12.6 Å². The first-order valence-corrected chi connectivity index (χ1v) is 10.1. The summed E-state index contributed by atoms with van der Waals surface area (Å²) in [5.74, 6) is 1.92. The van der Waals surface area contributed by atoms with Crippen molar-refractivity contribution >= 4 is 42.4 Å². The van der Waals surface area contributed by atoms with Crippen LogP contribution in [-0.2, 0) is 9.59 Å². The van der Waals surface area contributed by atoms with E-state index < -0.39 is 0 Å². The highest BCUT2D eigenvalue weighted by Gasteiger charge is 2.40. The molecule has 3 aliphatic rings. The number of halogens is 2. The smallest absolute Gasteiger partial charge is 0.239 e. The molecule has 3 unspecified atom stereocenters. The third-order valence-electron chi connectivity index (χ3n) is 6.11. The maximum Gasteiger partial charge on any atom is 0.239 e. The molecule has 2 amide bonds. The van der Waals surface area contributed by atoms with Crippen molar-refractivity contribution in [3.05, 3.63) is 11.8 Å². The molecule has 164 valence electrons. The number of anilines is 1. The van der Waals surface area contributed by atoms with Gasteiger partial charge in [-0.2, -0.15) is 0 Å². The van der Waals surface area contributed by atoms with Gasteiger partial charge in [-0.05, 0) is 32.1 Å². The van der Waals surface area contributed by atoms with Crippen LogP contribution in [0.25, 0.3) is 0 Å². The van der Waals surface area contributed by atoms with Gasteiger partial charge in [-0.25, -0.2) is 0 Å². The fourth-order valence-electron chi connectivity index (χ4n) is 4.67. The molecule has 0 aromatic carbocycles. The lowest BCUT2D eigenvalue weighted by molar-refractivity contribution is -0.135. The lowest BCUT2D eigenvalue weighted by Gasteiger charge is -2.35. The number of nitrogens with zero attached hydrogens (tertiary/aromatic N) is 3. The first-order valence-electron chi connectivity index (χ1n) is 10.1. The van der Waals surface area contributed by atoms with Crippen molar-refractivity contribution < 1.29 is 14.1 Å². The Morgan fingerprint density at radius 1 is 1.21 bits per heavy atom. The van der Waals surface area contributed by atoms with Crippen LogP contribution in [0, 0.1) is 12.8 Å². The predicted octanol–water partition coefficient (Wildman–Crippen LogP) is 1.83. The molecular weight excluding hydrogens is 417 g/mol. The largest absolute Gasteiger partial charge is 0.360 e. The number of carbonyl (C=O) groups is 2. The van der Waals surface area contributed by atoms with Gasteiger partial charge >= 0.3 is 0 Å². The highest BCUT2D eigenvalue weighted by molar-refractivity contribution is 5.91. The molecule has 0 radical (unpaired) electrons. The minimum absolute atomic E-state index is 0. The van der Waals surface area contributed by atoms with Crippen LogP contribution < -0.4 is 10.6 Å². The van der Waals surface area contributed by atoms with Crippen molar-refractivity contribution in [3.63, 3.8) is 0 Å². The molecule has 1 aromatic heterocycles. The fourth-order valence-corrected chi connectivity index (χ4v) is 4.67. The quantitative estimate of drug-likeness (QED) is 0.731. The lowest BCUT2D eigenvalue weighted by atomic mass is 9.85. The molecule has 4 rings (SSSR count). The standard InChI is InChI=1S/C19H29N5O3.2ClH/c1-13-10-17(22-27-13)21-18(25)12-23-6-8-24(9-7-23)19(26)16-11-14-4-2-3-5-15(14)20-16;;/h10,14-16,20H,2-9,11-12H2,1H3,(H,21,22,25);2*1H. The summed E-state index contributed by atoms with van der Waals surface area (Å²) < 4.78 is 4.95. The van der Waals surface area contributed by atoms with Gasteiger partial charge in [0.25, 0.3) is 0 Å². The Bertz CT molecular complexity index is 679. The van der Waals surface area contributed by atoms with Crippen LogP contribution in [0.1, 0.15) is 37.9 Å². The number of nitrogens with one attached hydrogen (secondary N) is 2. The SMILES string of the molecule is Cc1cc(NC(=O)CN2CCN(C(=O)C3CC4CCCCC4N3)CC2)no1.Cl.Cl. The van der Waals surface area contributed by atoms with Crippen molar-refractivity contribution in [1.29, 1.82) is 0 Å². The summed E-state index contributed by atoms with van der Waals surface area (Å²) in [7, 11) is 0. The molecule has 0 spiro atoms. The Hall–Kier alpha value is -1.35. The molecule has 1 aliphatic carbocycles. The van der Waals surface area contributed by atoms with Gasteiger partial charge < -0.3 is 20.1 Å². The van der Waals surface area contributed by atoms with Crippen LogP contribution >= 0.6 is 24.8 Å². The topological polar surface area (TPSA) is 90.7 Å². The van der Waals surface area contributed by atoms with Gasteiger partial charge in [-0.15, -0.1) is 24.8 Å². The second-order valence-corrected chi connectivity index (χ2v) is 8.08. The van der Waals surface area contributed by atoms with E-state index in [1.54, 1.807) is 13.0 Å². The van der Waals surface area contributed by atoms with E-state index >= 15 is 0 Å². The van der Waals surface area contributed by atoms with Gasteiger partial charge in [0.2, 0.25) is 11.8 Å². The van der Waals surface area contributed by atoms with E-state index in [1.165, 1.54) is 25.7 Å². The Morgan fingerprint density at radius 3 is 2.59 bits per heavy atom. The third kappa shape index (κ3) is 5.84. The normalized spacial score (nSPS) is 26.8. The van der Waals surface area contributed by atoms with Crippen LogP contribution in [0.2, 0.25) is 0 Å². The molecule has 2 N–H and O–H groups in total.